The average Bonchev–Trinajstić information content (AvgIpc) is 3.12. The van der Waals surface area contributed by atoms with Gasteiger partial charge in [0.15, 0.2) is 0 Å². The predicted molar refractivity (Wildman–Crippen MR) is 88.1 cm³/mol. The minimum absolute atomic E-state index is 0.127. The standard InChI is InChI=1S/C18H19FN2O4/c1-25-14-3-2-12(19)15-10(14)8-13(20-15)16(22)21-6-4-18(5-7-21)9-11(18)17(23)24/h2-3,8,11,20H,4-7,9H2,1H3,(H,23,24). The number of ether oxygens (including phenoxy) is 1. The van der Waals surface area contributed by atoms with E-state index < -0.39 is 11.8 Å². The Morgan fingerprint density at radius 2 is 2.08 bits per heavy atom. The lowest BCUT2D eigenvalue weighted by Crippen LogP contribution is -2.40. The summed E-state index contributed by atoms with van der Waals surface area (Å²) in [6.07, 6.45) is 2.11. The zero-order valence-electron chi connectivity index (χ0n) is 13.8. The highest BCUT2D eigenvalue weighted by atomic mass is 19.1. The Labute approximate surface area is 143 Å². The molecule has 2 aliphatic rings. The van der Waals surface area contributed by atoms with Gasteiger partial charge in [-0.15, -0.1) is 0 Å². The number of carboxylic acid groups (broad SMARTS) is 1. The molecule has 6 nitrogen and oxygen atoms in total. The van der Waals surface area contributed by atoms with Crippen LogP contribution in [0.3, 0.4) is 0 Å². The van der Waals surface area contributed by atoms with E-state index in [2.05, 4.69) is 4.98 Å². The van der Waals surface area contributed by atoms with Gasteiger partial charge in [0.25, 0.3) is 5.91 Å². The SMILES string of the molecule is COc1ccc(F)c2[nH]c(C(=O)N3CCC4(CC3)CC4C(=O)O)cc12. The van der Waals surface area contributed by atoms with E-state index in [9.17, 15) is 14.0 Å². The predicted octanol–water partition coefficient (Wildman–Crippen LogP) is 2.64. The molecule has 2 fully saturated rings. The molecule has 1 aromatic heterocycles. The van der Waals surface area contributed by atoms with Gasteiger partial charge < -0.3 is 19.7 Å². The highest BCUT2D eigenvalue weighted by Crippen LogP contribution is 2.59. The molecule has 2 aromatic rings. The lowest BCUT2D eigenvalue weighted by molar-refractivity contribution is -0.139. The van der Waals surface area contributed by atoms with E-state index in [0.29, 0.717) is 49.2 Å². The molecule has 7 heteroatoms. The molecule has 1 amide bonds. The van der Waals surface area contributed by atoms with Crippen molar-refractivity contribution < 1.29 is 23.8 Å². The summed E-state index contributed by atoms with van der Waals surface area (Å²) in [4.78, 5) is 28.4. The van der Waals surface area contributed by atoms with Crippen molar-refractivity contribution >= 4 is 22.8 Å². The number of halogens is 1. The molecule has 4 rings (SSSR count). The van der Waals surface area contributed by atoms with Crippen LogP contribution in [0.5, 0.6) is 5.75 Å². The second kappa shape index (κ2) is 5.47. The minimum Gasteiger partial charge on any atom is -0.496 e. The number of carboxylic acids is 1. The summed E-state index contributed by atoms with van der Waals surface area (Å²) in [6.45, 7) is 1.05. The van der Waals surface area contributed by atoms with Crippen molar-refractivity contribution in [2.24, 2.45) is 11.3 Å². The van der Waals surface area contributed by atoms with Gasteiger partial charge in [0, 0.05) is 18.5 Å². The first-order valence-corrected chi connectivity index (χ1v) is 8.32. The third-order valence-corrected chi connectivity index (χ3v) is 5.69. The van der Waals surface area contributed by atoms with Gasteiger partial charge in [0.2, 0.25) is 0 Å². The maximum absolute atomic E-state index is 14.0. The molecule has 132 valence electrons. The Bertz CT molecular complexity index is 867. The summed E-state index contributed by atoms with van der Waals surface area (Å²) in [6, 6.07) is 4.44. The first kappa shape index (κ1) is 15.9. The number of amides is 1. The molecule has 1 atom stereocenters. The van der Waals surface area contributed by atoms with Gasteiger partial charge in [0.1, 0.15) is 17.3 Å². The van der Waals surface area contributed by atoms with E-state index in [-0.39, 0.29) is 22.8 Å². The number of likely N-dealkylation sites (tertiary alicyclic amines) is 1. The van der Waals surface area contributed by atoms with Crippen molar-refractivity contribution in [2.45, 2.75) is 19.3 Å². The average molecular weight is 346 g/mol. The topological polar surface area (TPSA) is 82.6 Å². The molecule has 0 bridgehead atoms. The van der Waals surface area contributed by atoms with Crippen molar-refractivity contribution in [3.05, 3.63) is 29.7 Å². The highest BCUT2D eigenvalue weighted by molar-refractivity contribution is 6.00. The summed E-state index contributed by atoms with van der Waals surface area (Å²) < 4.78 is 19.2. The van der Waals surface area contributed by atoms with Gasteiger partial charge in [-0.25, -0.2) is 4.39 Å². The number of aromatic amines is 1. The Hall–Kier alpha value is -2.57. The highest BCUT2D eigenvalue weighted by Gasteiger charge is 2.59. The van der Waals surface area contributed by atoms with E-state index in [0.717, 1.165) is 0 Å². The molecule has 2 N–H and O–H groups in total. The Kier molecular flexibility index (Phi) is 3.49. The Morgan fingerprint density at radius 3 is 2.68 bits per heavy atom. The largest absolute Gasteiger partial charge is 0.496 e. The number of H-pyrrole nitrogens is 1. The van der Waals surface area contributed by atoms with E-state index >= 15 is 0 Å². The number of methoxy groups -OCH3 is 1. The molecule has 1 saturated heterocycles. The van der Waals surface area contributed by atoms with Crippen molar-refractivity contribution in [2.75, 3.05) is 20.2 Å². The van der Waals surface area contributed by atoms with Crippen LogP contribution in [0.25, 0.3) is 10.9 Å². The molecule has 0 radical (unpaired) electrons. The summed E-state index contributed by atoms with van der Waals surface area (Å²) >= 11 is 0. The number of carbonyl (C=O) groups excluding carboxylic acids is 1. The third kappa shape index (κ3) is 2.45. The molecule has 1 unspecified atom stereocenters. The van der Waals surface area contributed by atoms with Gasteiger partial charge in [0.05, 0.1) is 18.5 Å². The van der Waals surface area contributed by atoms with Crippen LogP contribution in [-0.4, -0.2) is 47.1 Å². The van der Waals surface area contributed by atoms with E-state index in [1.807, 2.05) is 0 Å². The number of aromatic nitrogens is 1. The Balaban J connectivity index is 1.53. The molecule has 1 aliphatic heterocycles. The van der Waals surface area contributed by atoms with Crippen LogP contribution in [0.1, 0.15) is 29.8 Å². The molecule has 1 aromatic carbocycles. The second-order valence-electron chi connectivity index (χ2n) is 6.97. The minimum atomic E-state index is -0.738. The number of nitrogens with one attached hydrogen (secondary N) is 1. The Morgan fingerprint density at radius 1 is 1.36 bits per heavy atom. The lowest BCUT2D eigenvalue weighted by Gasteiger charge is -2.32. The van der Waals surface area contributed by atoms with E-state index in [1.165, 1.54) is 19.2 Å². The van der Waals surface area contributed by atoms with Crippen LogP contribution in [0, 0.1) is 17.2 Å². The lowest BCUT2D eigenvalue weighted by atomic mass is 9.90. The molecule has 2 heterocycles. The zero-order chi connectivity index (χ0) is 17.8. The number of nitrogens with zero attached hydrogens (tertiary/aromatic N) is 1. The van der Waals surface area contributed by atoms with Crippen LogP contribution >= 0.6 is 0 Å². The first-order valence-electron chi connectivity index (χ1n) is 8.32. The fourth-order valence-electron chi connectivity index (χ4n) is 4.03. The maximum atomic E-state index is 14.0. The molecular weight excluding hydrogens is 327 g/mol. The van der Waals surface area contributed by atoms with E-state index in [1.54, 1.807) is 11.0 Å². The van der Waals surface area contributed by atoms with Crippen molar-refractivity contribution in [1.82, 2.24) is 9.88 Å². The number of benzene rings is 1. The van der Waals surface area contributed by atoms with Crippen molar-refractivity contribution in [3.63, 3.8) is 0 Å². The second-order valence-corrected chi connectivity index (χ2v) is 6.97. The molecule has 1 saturated carbocycles. The number of hydrogen-bond donors (Lipinski definition) is 2. The van der Waals surface area contributed by atoms with Gasteiger partial charge in [-0.1, -0.05) is 0 Å². The van der Waals surface area contributed by atoms with Crippen LogP contribution < -0.4 is 4.74 Å². The molecule has 1 aliphatic carbocycles. The van der Waals surface area contributed by atoms with E-state index in [4.69, 9.17) is 9.84 Å². The first-order chi connectivity index (χ1) is 11.9. The summed E-state index contributed by atoms with van der Waals surface area (Å²) in [5.74, 6) is -1.13. The smallest absolute Gasteiger partial charge is 0.307 e. The maximum Gasteiger partial charge on any atom is 0.307 e. The quantitative estimate of drug-likeness (QED) is 0.895. The fourth-order valence-corrected chi connectivity index (χ4v) is 4.03. The fraction of sp³-hybridized carbons (Fsp3) is 0.444. The normalized spacial score (nSPS) is 21.5. The third-order valence-electron chi connectivity index (χ3n) is 5.69. The van der Waals surface area contributed by atoms with Crippen LogP contribution in [0.15, 0.2) is 18.2 Å². The number of aliphatic carboxylic acids is 1. The number of hydrogen-bond acceptors (Lipinski definition) is 3. The number of piperidine rings is 1. The van der Waals surface area contributed by atoms with Crippen molar-refractivity contribution in [1.29, 1.82) is 0 Å². The summed E-state index contributed by atoms with van der Waals surface area (Å²) in [5.41, 5.74) is 0.447. The number of fused-ring (bicyclic) bond motifs is 1. The van der Waals surface area contributed by atoms with Crippen LogP contribution in [-0.2, 0) is 4.79 Å². The zero-order valence-corrected chi connectivity index (χ0v) is 13.8. The molecular formula is C18H19FN2O4. The van der Waals surface area contributed by atoms with Crippen molar-refractivity contribution in [3.8, 4) is 5.75 Å². The number of rotatable bonds is 3. The van der Waals surface area contributed by atoms with Crippen LogP contribution in [0.2, 0.25) is 0 Å². The molecule has 25 heavy (non-hydrogen) atoms. The van der Waals surface area contributed by atoms with Gasteiger partial charge in [-0.3, -0.25) is 9.59 Å². The summed E-state index contributed by atoms with van der Waals surface area (Å²) in [7, 11) is 1.50. The molecule has 1 spiro atoms. The van der Waals surface area contributed by atoms with Gasteiger partial charge in [-0.05, 0) is 42.9 Å². The monoisotopic (exact) mass is 346 g/mol. The van der Waals surface area contributed by atoms with Gasteiger partial charge >= 0.3 is 5.97 Å². The van der Waals surface area contributed by atoms with Crippen LogP contribution in [0.4, 0.5) is 4.39 Å². The summed E-state index contributed by atoms with van der Waals surface area (Å²) in [5, 5.41) is 9.68. The number of carbonyl (C=O) groups is 2. The van der Waals surface area contributed by atoms with Gasteiger partial charge in [-0.2, -0.15) is 0 Å².